The van der Waals surface area contributed by atoms with Crippen LogP contribution in [0.2, 0.25) is 0 Å². The molecule has 0 aromatic heterocycles. The summed E-state index contributed by atoms with van der Waals surface area (Å²) in [5, 5.41) is 0. The number of hydrogen-bond donors (Lipinski definition) is 1. The van der Waals surface area contributed by atoms with Gasteiger partial charge in [-0.05, 0) is 76.0 Å². The zero-order valence-electron chi connectivity index (χ0n) is 18.3. The van der Waals surface area contributed by atoms with E-state index in [0.29, 0.717) is 17.9 Å². The van der Waals surface area contributed by atoms with Crippen LogP contribution in [0.5, 0.6) is 5.75 Å². The van der Waals surface area contributed by atoms with Gasteiger partial charge in [0.15, 0.2) is 5.66 Å². The molecule has 2 aliphatic carbocycles. The fraction of sp³-hybridized carbons (Fsp3) is 0.667. The molecule has 2 fully saturated rings. The first-order valence-corrected chi connectivity index (χ1v) is 11.1. The van der Waals surface area contributed by atoms with Gasteiger partial charge in [0.05, 0.1) is 18.4 Å². The maximum atomic E-state index is 6.29. The van der Waals surface area contributed by atoms with E-state index in [9.17, 15) is 0 Å². The summed E-state index contributed by atoms with van der Waals surface area (Å²) in [6, 6.07) is 6.39. The van der Waals surface area contributed by atoms with Crippen LogP contribution < -0.4 is 10.5 Å². The first-order chi connectivity index (χ1) is 13.9. The first kappa shape index (κ1) is 20.4. The molecule has 0 spiro atoms. The van der Waals surface area contributed by atoms with Gasteiger partial charge in [-0.15, -0.1) is 0 Å². The van der Waals surface area contributed by atoms with Crippen LogP contribution in [0.15, 0.2) is 28.2 Å². The quantitative estimate of drug-likeness (QED) is 0.753. The van der Waals surface area contributed by atoms with Crippen molar-refractivity contribution in [3.05, 3.63) is 29.3 Å². The minimum absolute atomic E-state index is 0.109. The van der Waals surface area contributed by atoms with Crippen LogP contribution in [0.25, 0.3) is 0 Å². The number of nitrogens with two attached hydrogens (primary N) is 1. The summed E-state index contributed by atoms with van der Waals surface area (Å²) in [7, 11) is 1.81. The summed E-state index contributed by atoms with van der Waals surface area (Å²) < 4.78 is 11.8. The Kier molecular flexibility index (Phi) is 5.45. The molecule has 1 aliphatic heterocycles. The van der Waals surface area contributed by atoms with Crippen molar-refractivity contribution in [2.24, 2.45) is 27.1 Å². The molecule has 2 N–H and O–H groups in total. The van der Waals surface area contributed by atoms with Crippen molar-refractivity contribution in [3.63, 3.8) is 0 Å². The Bertz CT molecular complexity index is 799. The van der Waals surface area contributed by atoms with Crippen molar-refractivity contribution in [1.82, 2.24) is 0 Å². The van der Waals surface area contributed by atoms with E-state index in [1.165, 1.54) is 24.8 Å². The average Bonchev–Trinajstić information content (AvgIpc) is 2.98. The number of rotatable bonds is 6. The van der Waals surface area contributed by atoms with E-state index in [1.54, 1.807) is 0 Å². The third kappa shape index (κ3) is 3.58. The number of amidine groups is 1. The minimum Gasteiger partial charge on any atom is -0.493 e. The van der Waals surface area contributed by atoms with Crippen LogP contribution in [0.1, 0.15) is 69.9 Å². The summed E-state index contributed by atoms with van der Waals surface area (Å²) in [6.45, 7) is 7.23. The molecular formula is C24H35N3O2. The predicted molar refractivity (Wildman–Crippen MR) is 118 cm³/mol. The van der Waals surface area contributed by atoms with Gasteiger partial charge in [-0.3, -0.25) is 4.99 Å². The van der Waals surface area contributed by atoms with E-state index in [2.05, 4.69) is 32.0 Å². The molecule has 2 saturated carbocycles. The van der Waals surface area contributed by atoms with Gasteiger partial charge in [0.2, 0.25) is 0 Å². The third-order valence-corrected chi connectivity index (χ3v) is 7.49. The SMILES string of the molecule is COC1CCC(C)(C2(c3cc(OCC4CCC4)ccc3C)N=C(C)C(N)=N2)CC1. The molecule has 1 aromatic carbocycles. The molecule has 29 heavy (non-hydrogen) atoms. The summed E-state index contributed by atoms with van der Waals surface area (Å²) in [5.74, 6) is 2.18. The normalized spacial score (nSPS) is 32.5. The molecule has 1 aromatic rings. The summed E-state index contributed by atoms with van der Waals surface area (Å²) >= 11 is 0. The zero-order chi connectivity index (χ0) is 20.6. The summed E-state index contributed by atoms with van der Waals surface area (Å²) in [6.07, 6.45) is 8.28. The van der Waals surface area contributed by atoms with Gasteiger partial charge in [-0.2, -0.15) is 0 Å². The number of methoxy groups -OCH3 is 1. The Morgan fingerprint density at radius 2 is 1.83 bits per heavy atom. The standard InChI is InChI=1S/C24H35N3O2/c1-16-8-9-20(29-15-18-6-5-7-18)14-21(16)24(26-17(2)22(25)27-24)23(3)12-10-19(28-4)11-13-23/h8-9,14,18-19H,5-7,10-13,15H2,1-4H3,(H2,25,27). The minimum atomic E-state index is -0.681. The molecular weight excluding hydrogens is 362 g/mol. The van der Waals surface area contributed by atoms with Crippen molar-refractivity contribution >= 4 is 11.5 Å². The number of benzene rings is 1. The highest BCUT2D eigenvalue weighted by Crippen LogP contribution is 2.55. The highest BCUT2D eigenvalue weighted by Gasteiger charge is 2.54. The van der Waals surface area contributed by atoms with Crippen molar-refractivity contribution in [1.29, 1.82) is 0 Å². The molecule has 1 heterocycles. The molecule has 0 amide bonds. The summed E-state index contributed by atoms with van der Waals surface area (Å²) in [5.41, 5.74) is 8.64. The second-order valence-corrected chi connectivity index (χ2v) is 9.45. The van der Waals surface area contributed by atoms with Gasteiger partial charge in [-0.1, -0.05) is 19.4 Å². The smallest absolute Gasteiger partial charge is 0.184 e. The van der Waals surface area contributed by atoms with Gasteiger partial charge in [0.25, 0.3) is 0 Å². The number of aliphatic imine (C=N–C) groups is 2. The highest BCUT2D eigenvalue weighted by molar-refractivity contribution is 6.41. The maximum absolute atomic E-state index is 6.29. The molecule has 4 rings (SSSR count). The van der Waals surface area contributed by atoms with Crippen LogP contribution in [0, 0.1) is 18.3 Å². The number of nitrogens with zero attached hydrogens (tertiary/aromatic N) is 2. The Morgan fingerprint density at radius 3 is 2.38 bits per heavy atom. The molecule has 1 unspecified atom stereocenters. The Morgan fingerprint density at radius 1 is 1.10 bits per heavy atom. The first-order valence-electron chi connectivity index (χ1n) is 11.1. The van der Waals surface area contributed by atoms with Gasteiger partial charge in [0, 0.05) is 18.1 Å². The molecule has 3 aliphatic rings. The molecule has 5 heteroatoms. The molecule has 0 bridgehead atoms. The fourth-order valence-corrected chi connectivity index (χ4v) is 5.05. The van der Waals surface area contributed by atoms with Crippen molar-refractivity contribution < 1.29 is 9.47 Å². The predicted octanol–water partition coefficient (Wildman–Crippen LogP) is 4.75. The van der Waals surface area contributed by atoms with E-state index in [0.717, 1.165) is 49.3 Å². The largest absolute Gasteiger partial charge is 0.493 e. The van der Waals surface area contributed by atoms with Crippen molar-refractivity contribution in [2.75, 3.05) is 13.7 Å². The molecule has 1 atom stereocenters. The molecule has 0 saturated heterocycles. The van der Waals surface area contributed by atoms with E-state index < -0.39 is 5.66 Å². The van der Waals surface area contributed by atoms with Crippen LogP contribution in [-0.2, 0) is 10.4 Å². The van der Waals surface area contributed by atoms with E-state index in [1.807, 2.05) is 14.0 Å². The lowest BCUT2D eigenvalue weighted by Crippen LogP contribution is -2.44. The third-order valence-electron chi connectivity index (χ3n) is 7.49. The zero-order valence-corrected chi connectivity index (χ0v) is 18.3. The van der Waals surface area contributed by atoms with Crippen LogP contribution in [0.3, 0.4) is 0 Å². The molecule has 158 valence electrons. The molecule has 0 radical (unpaired) electrons. The Hall–Kier alpha value is -1.88. The lowest BCUT2D eigenvalue weighted by atomic mass is 9.64. The number of hydrogen-bond acceptors (Lipinski definition) is 5. The monoisotopic (exact) mass is 397 g/mol. The second kappa shape index (κ2) is 7.75. The van der Waals surface area contributed by atoms with Crippen LogP contribution in [-0.4, -0.2) is 31.4 Å². The lowest BCUT2D eigenvalue weighted by molar-refractivity contribution is 0.00112. The summed E-state index contributed by atoms with van der Waals surface area (Å²) in [4.78, 5) is 10.2. The van der Waals surface area contributed by atoms with Crippen molar-refractivity contribution in [3.8, 4) is 5.75 Å². The van der Waals surface area contributed by atoms with Gasteiger partial charge >= 0.3 is 0 Å². The van der Waals surface area contributed by atoms with Crippen molar-refractivity contribution in [2.45, 2.75) is 77.5 Å². The van der Waals surface area contributed by atoms with E-state index in [-0.39, 0.29) is 5.41 Å². The topological polar surface area (TPSA) is 69.2 Å². The van der Waals surface area contributed by atoms with Crippen LogP contribution >= 0.6 is 0 Å². The number of aryl methyl sites for hydroxylation is 1. The van der Waals surface area contributed by atoms with Gasteiger partial charge in [-0.25, -0.2) is 4.99 Å². The highest BCUT2D eigenvalue weighted by atomic mass is 16.5. The van der Waals surface area contributed by atoms with Gasteiger partial charge in [0.1, 0.15) is 11.6 Å². The Labute approximate surface area is 174 Å². The van der Waals surface area contributed by atoms with Gasteiger partial charge < -0.3 is 15.2 Å². The van der Waals surface area contributed by atoms with E-state index >= 15 is 0 Å². The second-order valence-electron chi connectivity index (χ2n) is 9.45. The number of ether oxygens (including phenoxy) is 2. The fourth-order valence-electron chi connectivity index (χ4n) is 5.05. The lowest BCUT2D eigenvalue weighted by Gasteiger charge is -2.47. The van der Waals surface area contributed by atoms with E-state index in [4.69, 9.17) is 25.2 Å². The average molecular weight is 398 g/mol. The van der Waals surface area contributed by atoms with Crippen LogP contribution in [0.4, 0.5) is 0 Å². The Balaban J connectivity index is 1.71. The molecule has 5 nitrogen and oxygen atoms in total. The maximum Gasteiger partial charge on any atom is 0.184 e.